The fourth-order valence-electron chi connectivity index (χ4n) is 0.814. The lowest BCUT2D eigenvalue weighted by Gasteiger charge is -1.99. The molecule has 0 radical (unpaired) electrons. The largest absolute Gasteiger partial charge is 0.398 e. The highest BCUT2D eigenvalue weighted by atomic mass is 79.9. The van der Waals surface area contributed by atoms with Gasteiger partial charge in [-0.2, -0.15) is 0 Å². The Balaban J connectivity index is 3.25. The molecule has 1 aromatic carbocycles. The average molecular weight is 246 g/mol. The number of hydrogen-bond acceptors (Lipinski definition) is 1. The van der Waals surface area contributed by atoms with E-state index in [1.807, 2.05) is 0 Å². The lowest BCUT2D eigenvalue weighted by Crippen LogP contribution is -1.96. The van der Waals surface area contributed by atoms with Gasteiger partial charge in [0.1, 0.15) is 0 Å². The van der Waals surface area contributed by atoms with Gasteiger partial charge in [0.05, 0.1) is 16.6 Å². The first-order valence-electron chi connectivity index (χ1n) is 3.45. The maximum absolute atomic E-state index is 13.0. The van der Waals surface area contributed by atoms with Crippen LogP contribution in [0.3, 0.4) is 0 Å². The molecule has 0 aliphatic heterocycles. The van der Waals surface area contributed by atoms with Gasteiger partial charge in [0, 0.05) is 0 Å². The number of halogens is 3. The molecule has 1 nitrogen and oxygen atoms in total. The third-order valence-electron chi connectivity index (χ3n) is 1.41. The Bertz CT molecular complexity index is 379. The maximum atomic E-state index is 13.0. The zero-order chi connectivity index (χ0) is 9.84. The topological polar surface area (TPSA) is 26.0 Å². The maximum Gasteiger partial charge on any atom is 0.176 e. The molecule has 4 heteroatoms. The number of rotatable bonds is 0. The van der Waals surface area contributed by atoms with Gasteiger partial charge < -0.3 is 5.73 Å². The first-order valence-corrected chi connectivity index (χ1v) is 4.57. The average Bonchev–Trinajstić information content (AvgIpc) is 2.12. The summed E-state index contributed by atoms with van der Waals surface area (Å²) < 4.78 is 25.7. The van der Waals surface area contributed by atoms with Gasteiger partial charge in [0.15, 0.2) is 11.6 Å². The lowest BCUT2D eigenvalue weighted by molar-refractivity contribution is 0.507. The van der Waals surface area contributed by atoms with Crippen LogP contribution in [0.1, 0.15) is 5.56 Å². The van der Waals surface area contributed by atoms with Crippen molar-refractivity contribution in [3.63, 3.8) is 0 Å². The lowest BCUT2D eigenvalue weighted by atomic mass is 10.1. The van der Waals surface area contributed by atoms with Crippen molar-refractivity contribution in [2.24, 2.45) is 0 Å². The van der Waals surface area contributed by atoms with Crippen LogP contribution in [0, 0.1) is 23.5 Å². The molecule has 0 amide bonds. The van der Waals surface area contributed by atoms with Crippen molar-refractivity contribution in [1.82, 2.24) is 0 Å². The fraction of sp³-hybridized carbons (Fsp3) is 0.111. The SMILES string of the molecule is Nc1ccc(F)c(F)c1C#CCBr. The Labute approximate surface area is 83.1 Å². The van der Waals surface area contributed by atoms with E-state index in [-0.39, 0.29) is 11.3 Å². The van der Waals surface area contributed by atoms with Crippen molar-refractivity contribution < 1.29 is 8.78 Å². The van der Waals surface area contributed by atoms with E-state index in [0.717, 1.165) is 6.07 Å². The zero-order valence-electron chi connectivity index (χ0n) is 6.57. The summed E-state index contributed by atoms with van der Waals surface area (Å²) in [5.41, 5.74) is 5.47. The molecule has 0 saturated heterocycles. The van der Waals surface area contributed by atoms with Crippen LogP contribution >= 0.6 is 15.9 Å². The third kappa shape index (κ3) is 2.19. The van der Waals surface area contributed by atoms with Gasteiger partial charge in [-0.1, -0.05) is 27.8 Å². The number of nitrogens with two attached hydrogens (primary N) is 1. The normalized spacial score (nSPS) is 9.15. The molecule has 2 N–H and O–H groups in total. The van der Waals surface area contributed by atoms with Crippen LogP contribution in [-0.2, 0) is 0 Å². The summed E-state index contributed by atoms with van der Waals surface area (Å²) >= 11 is 3.04. The first kappa shape index (κ1) is 10.0. The highest BCUT2D eigenvalue weighted by Crippen LogP contribution is 2.17. The molecule has 0 spiro atoms. The summed E-state index contributed by atoms with van der Waals surface area (Å²) in [6.07, 6.45) is 0. The zero-order valence-corrected chi connectivity index (χ0v) is 8.16. The predicted octanol–water partition coefficient (Wildman–Crippen LogP) is 2.29. The van der Waals surface area contributed by atoms with E-state index >= 15 is 0 Å². The van der Waals surface area contributed by atoms with Crippen molar-refractivity contribution in [2.45, 2.75) is 0 Å². The van der Waals surface area contributed by atoms with Gasteiger partial charge in [-0.3, -0.25) is 0 Å². The number of nitrogen functional groups attached to an aromatic ring is 1. The van der Waals surface area contributed by atoms with Gasteiger partial charge in [0.2, 0.25) is 0 Å². The smallest absolute Gasteiger partial charge is 0.176 e. The molecule has 1 aromatic rings. The quantitative estimate of drug-likeness (QED) is 0.424. The molecule has 0 fully saturated rings. The standard InChI is InChI=1S/C9H6BrF2N/c10-5-1-2-6-8(13)4-3-7(11)9(6)12/h3-4H,5,13H2. The van der Waals surface area contributed by atoms with E-state index in [1.165, 1.54) is 6.07 Å². The monoisotopic (exact) mass is 245 g/mol. The van der Waals surface area contributed by atoms with E-state index in [9.17, 15) is 8.78 Å². The molecule has 1 rings (SSSR count). The highest BCUT2D eigenvalue weighted by Gasteiger charge is 2.08. The predicted molar refractivity (Wildman–Crippen MR) is 51.4 cm³/mol. The second-order valence-electron chi connectivity index (χ2n) is 2.26. The van der Waals surface area contributed by atoms with E-state index in [2.05, 4.69) is 27.8 Å². The van der Waals surface area contributed by atoms with Crippen LogP contribution in [0.25, 0.3) is 0 Å². The Kier molecular flexibility index (Phi) is 3.26. The second-order valence-corrected chi connectivity index (χ2v) is 2.82. The Morgan fingerprint density at radius 3 is 2.69 bits per heavy atom. The minimum atomic E-state index is -0.992. The summed E-state index contributed by atoms with van der Waals surface area (Å²) in [5.74, 6) is 3.06. The van der Waals surface area contributed by atoms with Crippen LogP contribution in [0.15, 0.2) is 12.1 Å². The van der Waals surface area contributed by atoms with Crippen LogP contribution in [-0.4, -0.2) is 5.33 Å². The highest BCUT2D eigenvalue weighted by molar-refractivity contribution is 9.09. The van der Waals surface area contributed by atoms with E-state index < -0.39 is 11.6 Å². The molecule has 0 aliphatic carbocycles. The van der Waals surface area contributed by atoms with Crippen molar-refractivity contribution in [1.29, 1.82) is 0 Å². The summed E-state index contributed by atoms with van der Waals surface area (Å²) in [4.78, 5) is 0. The minimum absolute atomic E-state index is 0.0838. The molecular weight excluding hydrogens is 240 g/mol. The number of benzene rings is 1. The van der Waals surface area contributed by atoms with Gasteiger partial charge in [-0.15, -0.1) is 0 Å². The summed E-state index contributed by atoms with van der Waals surface area (Å²) in [6, 6.07) is 2.26. The Hall–Kier alpha value is -1.08. The van der Waals surface area contributed by atoms with Crippen LogP contribution in [0.5, 0.6) is 0 Å². The fourth-order valence-corrected chi connectivity index (χ4v) is 0.955. The molecule has 0 aliphatic rings. The number of hydrogen-bond donors (Lipinski definition) is 1. The summed E-state index contributed by atoms with van der Waals surface area (Å²) in [6.45, 7) is 0. The van der Waals surface area contributed by atoms with Crippen molar-refractivity contribution in [2.75, 3.05) is 11.1 Å². The van der Waals surface area contributed by atoms with Crippen molar-refractivity contribution >= 4 is 21.6 Å². The van der Waals surface area contributed by atoms with Crippen LogP contribution in [0.4, 0.5) is 14.5 Å². The summed E-state index contributed by atoms with van der Waals surface area (Å²) in [7, 11) is 0. The molecule has 0 aromatic heterocycles. The van der Waals surface area contributed by atoms with Crippen molar-refractivity contribution in [3.05, 3.63) is 29.3 Å². The first-order chi connectivity index (χ1) is 6.16. The molecule has 0 bridgehead atoms. The van der Waals surface area contributed by atoms with Gasteiger partial charge in [-0.25, -0.2) is 8.78 Å². The van der Waals surface area contributed by atoms with E-state index in [0.29, 0.717) is 5.33 Å². The number of anilines is 1. The van der Waals surface area contributed by atoms with Gasteiger partial charge >= 0.3 is 0 Å². The molecule has 0 atom stereocenters. The molecule has 13 heavy (non-hydrogen) atoms. The van der Waals surface area contributed by atoms with Crippen LogP contribution < -0.4 is 5.73 Å². The molecule has 68 valence electrons. The Morgan fingerprint density at radius 2 is 2.08 bits per heavy atom. The second kappa shape index (κ2) is 4.24. The van der Waals surface area contributed by atoms with Gasteiger partial charge in [0.25, 0.3) is 0 Å². The van der Waals surface area contributed by atoms with E-state index in [1.54, 1.807) is 0 Å². The molecule has 0 heterocycles. The summed E-state index contributed by atoms with van der Waals surface area (Å²) in [5, 5.41) is 0.391. The third-order valence-corrected chi connectivity index (χ3v) is 1.69. The molecular formula is C9H6BrF2N. The minimum Gasteiger partial charge on any atom is -0.398 e. The number of alkyl halides is 1. The van der Waals surface area contributed by atoms with Crippen LogP contribution in [0.2, 0.25) is 0 Å². The van der Waals surface area contributed by atoms with Crippen molar-refractivity contribution in [3.8, 4) is 11.8 Å². The molecule has 0 unspecified atom stereocenters. The van der Waals surface area contributed by atoms with Gasteiger partial charge in [-0.05, 0) is 12.1 Å². The molecule has 0 saturated carbocycles. The Morgan fingerprint density at radius 1 is 1.38 bits per heavy atom. The van der Waals surface area contributed by atoms with E-state index in [4.69, 9.17) is 5.73 Å².